The molecule has 1 rings (SSSR count). The molecule has 18 heavy (non-hydrogen) atoms. The number of hydrogen-bond donors (Lipinski definition) is 1. The Morgan fingerprint density at radius 2 is 1.94 bits per heavy atom. The molecule has 0 fully saturated rings. The highest BCUT2D eigenvalue weighted by Gasteiger charge is 2.17. The number of nitrogens with zero attached hydrogens (tertiary/aromatic N) is 1. The molecule has 1 aromatic rings. The Balaban J connectivity index is 2.97. The van der Waals surface area contributed by atoms with Gasteiger partial charge in [-0.25, -0.2) is 0 Å². The van der Waals surface area contributed by atoms with Gasteiger partial charge in [0, 0.05) is 17.7 Å². The fraction of sp³-hybridized carbons (Fsp3) is 0.500. The highest BCUT2D eigenvalue weighted by molar-refractivity contribution is 5.49. The fourth-order valence-electron chi connectivity index (χ4n) is 1.73. The standard InChI is InChI=1S/C14H20N2O2/c1-10-12(17-4)7-6-11(13(10)18-5)8-16-14(2,3)9-15/h6-7,16H,8H2,1-5H3. The van der Waals surface area contributed by atoms with Crippen molar-refractivity contribution in [2.45, 2.75) is 32.9 Å². The maximum atomic E-state index is 8.97. The van der Waals surface area contributed by atoms with Crippen LogP contribution in [-0.4, -0.2) is 19.8 Å². The van der Waals surface area contributed by atoms with Gasteiger partial charge in [-0.05, 0) is 26.8 Å². The monoisotopic (exact) mass is 248 g/mol. The van der Waals surface area contributed by atoms with Crippen molar-refractivity contribution in [1.82, 2.24) is 5.32 Å². The molecule has 4 heteroatoms. The van der Waals surface area contributed by atoms with Gasteiger partial charge >= 0.3 is 0 Å². The van der Waals surface area contributed by atoms with Gasteiger partial charge in [-0.15, -0.1) is 0 Å². The Bertz CT molecular complexity index is 462. The molecule has 0 amide bonds. The summed E-state index contributed by atoms with van der Waals surface area (Å²) in [4.78, 5) is 0. The molecule has 0 spiro atoms. The van der Waals surface area contributed by atoms with Gasteiger partial charge in [0.1, 0.15) is 17.0 Å². The number of hydrogen-bond acceptors (Lipinski definition) is 4. The Labute approximate surface area is 109 Å². The van der Waals surface area contributed by atoms with E-state index in [-0.39, 0.29) is 0 Å². The second kappa shape index (κ2) is 5.74. The van der Waals surface area contributed by atoms with Crippen molar-refractivity contribution in [2.75, 3.05) is 14.2 Å². The zero-order valence-electron chi connectivity index (χ0n) is 11.6. The van der Waals surface area contributed by atoms with E-state index in [9.17, 15) is 0 Å². The van der Waals surface area contributed by atoms with Crippen LogP contribution in [0.3, 0.4) is 0 Å². The van der Waals surface area contributed by atoms with E-state index in [1.54, 1.807) is 14.2 Å². The van der Waals surface area contributed by atoms with Gasteiger partial charge < -0.3 is 9.47 Å². The fourth-order valence-corrected chi connectivity index (χ4v) is 1.73. The highest BCUT2D eigenvalue weighted by atomic mass is 16.5. The number of nitrogens with one attached hydrogen (secondary N) is 1. The summed E-state index contributed by atoms with van der Waals surface area (Å²) < 4.78 is 10.7. The normalized spacial score (nSPS) is 10.9. The molecule has 0 unspecified atom stereocenters. The lowest BCUT2D eigenvalue weighted by Gasteiger charge is -2.20. The third-order valence-electron chi connectivity index (χ3n) is 2.86. The molecule has 0 heterocycles. The average molecular weight is 248 g/mol. The number of rotatable bonds is 5. The second-order valence-corrected chi connectivity index (χ2v) is 4.68. The Kier molecular flexibility index (Phi) is 4.57. The van der Waals surface area contributed by atoms with Crippen LogP contribution in [0, 0.1) is 18.3 Å². The lowest BCUT2D eigenvalue weighted by molar-refractivity contribution is 0.381. The maximum Gasteiger partial charge on any atom is 0.129 e. The lowest BCUT2D eigenvalue weighted by atomic mass is 10.1. The molecule has 0 aromatic heterocycles. The van der Waals surface area contributed by atoms with Gasteiger partial charge in [-0.1, -0.05) is 6.07 Å². The molecule has 0 aliphatic heterocycles. The van der Waals surface area contributed by atoms with Gasteiger partial charge in [-0.2, -0.15) is 5.26 Å². The first-order chi connectivity index (χ1) is 8.45. The van der Waals surface area contributed by atoms with E-state index in [2.05, 4.69) is 11.4 Å². The maximum absolute atomic E-state index is 8.97. The SMILES string of the molecule is COc1ccc(CNC(C)(C)C#N)c(OC)c1C. The molecular weight excluding hydrogens is 228 g/mol. The quantitative estimate of drug-likeness (QED) is 0.869. The molecule has 0 atom stereocenters. The average Bonchev–Trinajstić information content (AvgIpc) is 2.36. The first-order valence-corrected chi connectivity index (χ1v) is 5.82. The van der Waals surface area contributed by atoms with Gasteiger partial charge in [0.15, 0.2) is 0 Å². The summed E-state index contributed by atoms with van der Waals surface area (Å²) in [7, 11) is 3.28. The highest BCUT2D eigenvalue weighted by Crippen LogP contribution is 2.31. The summed E-state index contributed by atoms with van der Waals surface area (Å²) in [5.74, 6) is 1.60. The largest absolute Gasteiger partial charge is 0.496 e. The Morgan fingerprint density at radius 1 is 1.28 bits per heavy atom. The third-order valence-corrected chi connectivity index (χ3v) is 2.86. The summed E-state index contributed by atoms with van der Waals surface area (Å²) in [6.45, 7) is 6.22. The minimum Gasteiger partial charge on any atom is -0.496 e. The van der Waals surface area contributed by atoms with Crippen molar-refractivity contribution in [3.63, 3.8) is 0 Å². The van der Waals surface area contributed by atoms with Crippen molar-refractivity contribution in [3.05, 3.63) is 23.3 Å². The summed E-state index contributed by atoms with van der Waals surface area (Å²) in [5.41, 5.74) is 1.42. The molecule has 1 N–H and O–H groups in total. The topological polar surface area (TPSA) is 54.3 Å². The second-order valence-electron chi connectivity index (χ2n) is 4.68. The van der Waals surface area contributed by atoms with Crippen LogP contribution >= 0.6 is 0 Å². The predicted octanol–water partition coefficient (Wildman–Crippen LogP) is 2.40. The van der Waals surface area contributed by atoms with E-state index in [4.69, 9.17) is 14.7 Å². The van der Waals surface area contributed by atoms with Crippen LogP contribution in [0.2, 0.25) is 0 Å². The van der Waals surface area contributed by atoms with E-state index >= 15 is 0 Å². The van der Waals surface area contributed by atoms with Crippen molar-refractivity contribution < 1.29 is 9.47 Å². The predicted molar refractivity (Wildman–Crippen MR) is 70.8 cm³/mol. The molecule has 0 aliphatic carbocycles. The third kappa shape index (κ3) is 3.14. The number of methoxy groups -OCH3 is 2. The summed E-state index contributed by atoms with van der Waals surface area (Å²) >= 11 is 0. The van der Waals surface area contributed by atoms with Gasteiger partial charge in [0.2, 0.25) is 0 Å². The van der Waals surface area contributed by atoms with Gasteiger partial charge in [-0.3, -0.25) is 5.32 Å². The molecule has 0 radical (unpaired) electrons. The molecule has 0 bridgehead atoms. The van der Waals surface area contributed by atoms with Gasteiger partial charge in [0.25, 0.3) is 0 Å². The summed E-state index contributed by atoms with van der Waals surface area (Å²) in [5, 5.41) is 12.2. The van der Waals surface area contributed by atoms with E-state index in [1.165, 1.54) is 0 Å². The van der Waals surface area contributed by atoms with Crippen molar-refractivity contribution in [3.8, 4) is 17.6 Å². The summed E-state index contributed by atoms with van der Waals surface area (Å²) in [6, 6.07) is 6.07. The van der Waals surface area contributed by atoms with Crippen LogP contribution in [0.15, 0.2) is 12.1 Å². The zero-order chi connectivity index (χ0) is 13.8. The molecule has 1 aromatic carbocycles. The van der Waals surface area contributed by atoms with Crippen molar-refractivity contribution >= 4 is 0 Å². The van der Waals surface area contributed by atoms with Gasteiger partial charge in [0.05, 0.1) is 20.3 Å². The molecule has 0 saturated carbocycles. The van der Waals surface area contributed by atoms with E-state index in [0.29, 0.717) is 6.54 Å². The van der Waals surface area contributed by atoms with Crippen LogP contribution in [0.5, 0.6) is 11.5 Å². The zero-order valence-corrected chi connectivity index (χ0v) is 11.6. The number of benzene rings is 1. The first kappa shape index (κ1) is 14.3. The van der Waals surface area contributed by atoms with Crippen molar-refractivity contribution in [1.29, 1.82) is 5.26 Å². The molecule has 98 valence electrons. The van der Waals surface area contributed by atoms with E-state index in [0.717, 1.165) is 22.6 Å². The van der Waals surface area contributed by atoms with E-state index < -0.39 is 5.54 Å². The smallest absolute Gasteiger partial charge is 0.129 e. The Morgan fingerprint density at radius 3 is 2.44 bits per heavy atom. The minimum atomic E-state index is -0.557. The van der Waals surface area contributed by atoms with Crippen LogP contribution < -0.4 is 14.8 Å². The summed E-state index contributed by atoms with van der Waals surface area (Å²) in [6.07, 6.45) is 0. The van der Waals surface area contributed by atoms with Crippen LogP contribution in [0.1, 0.15) is 25.0 Å². The number of ether oxygens (including phenoxy) is 2. The molecule has 0 saturated heterocycles. The number of nitriles is 1. The van der Waals surface area contributed by atoms with Crippen molar-refractivity contribution in [2.24, 2.45) is 0 Å². The molecule has 4 nitrogen and oxygen atoms in total. The minimum absolute atomic E-state index is 0.557. The van der Waals surface area contributed by atoms with Crippen LogP contribution in [0.25, 0.3) is 0 Å². The molecule has 0 aliphatic rings. The van der Waals surface area contributed by atoms with Crippen LogP contribution in [0.4, 0.5) is 0 Å². The van der Waals surface area contributed by atoms with Crippen LogP contribution in [-0.2, 0) is 6.54 Å². The van der Waals surface area contributed by atoms with E-state index in [1.807, 2.05) is 32.9 Å². The first-order valence-electron chi connectivity index (χ1n) is 5.82. The molecular formula is C14H20N2O2. The Hall–Kier alpha value is -1.73. The lowest BCUT2D eigenvalue weighted by Crippen LogP contribution is -2.37.